The number of rotatable bonds is 6. The van der Waals surface area contributed by atoms with E-state index in [1.165, 1.54) is 4.90 Å². The molecule has 2 rings (SSSR count). The van der Waals surface area contributed by atoms with Crippen molar-refractivity contribution >= 4 is 35.0 Å². The second-order valence-electron chi connectivity index (χ2n) is 5.67. The summed E-state index contributed by atoms with van der Waals surface area (Å²) < 4.78 is 0. The summed E-state index contributed by atoms with van der Waals surface area (Å²) in [6, 6.07) is 13.9. The molecule has 0 heterocycles. The van der Waals surface area contributed by atoms with Crippen molar-refractivity contribution in [2.75, 3.05) is 7.05 Å². The summed E-state index contributed by atoms with van der Waals surface area (Å²) in [7, 11) is 1.54. The summed E-state index contributed by atoms with van der Waals surface area (Å²) in [5.74, 6) is -0.414. The highest BCUT2D eigenvalue weighted by Gasteiger charge is 2.26. The lowest BCUT2D eigenvalue weighted by molar-refractivity contribution is -0.139. The molecule has 2 amide bonds. The van der Waals surface area contributed by atoms with E-state index in [9.17, 15) is 9.59 Å². The Hall–Kier alpha value is -2.04. The van der Waals surface area contributed by atoms with Crippen LogP contribution in [0, 0.1) is 0 Å². The third kappa shape index (κ3) is 4.97. The van der Waals surface area contributed by atoms with Gasteiger partial charge in [0.1, 0.15) is 6.04 Å². The predicted molar refractivity (Wildman–Crippen MR) is 101 cm³/mol. The normalized spacial score (nSPS) is 11.7. The van der Waals surface area contributed by atoms with Crippen molar-refractivity contribution in [1.82, 2.24) is 10.2 Å². The number of nitrogens with one attached hydrogen (secondary N) is 1. The van der Waals surface area contributed by atoms with Crippen molar-refractivity contribution < 1.29 is 9.59 Å². The maximum atomic E-state index is 12.9. The van der Waals surface area contributed by atoms with Crippen LogP contribution < -0.4 is 5.32 Å². The number of halogens is 2. The minimum atomic E-state index is -0.645. The third-order valence-electron chi connectivity index (χ3n) is 4.00. The molecule has 1 unspecified atom stereocenters. The minimum absolute atomic E-state index is 0.165. The molecule has 0 aromatic heterocycles. The van der Waals surface area contributed by atoms with Crippen molar-refractivity contribution in [3.05, 3.63) is 69.7 Å². The Balaban J connectivity index is 2.29. The van der Waals surface area contributed by atoms with E-state index in [1.807, 2.05) is 30.3 Å². The first kappa shape index (κ1) is 19.3. The van der Waals surface area contributed by atoms with Crippen molar-refractivity contribution in [3.63, 3.8) is 0 Å². The Kier molecular flexibility index (Phi) is 6.85. The van der Waals surface area contributed by atoms with Crippen LogP contribution in [0.3, 0.4) is 0 Å². The van der Waals surface area contributed by atoms with Gasteiger partial charge >= 0.3 is 0 Å². The monoisotopic (exact) mass is 378 g/mol. The van der Waals surface area contributed by atoms with E-state index in [-0.39, 0.29) is 24.8 Å². The van der Waals surface area contributed by atoms with Crippen LogP contribution in [-0.2, 0) is 22.6 Å². The highest BCUT2D eigenvalue weighted by atomic mass is 35.5. The summed E-state index contributed by atoms with van der Waals surface area (Å²) in [4.78, 5) is 26.5. The van der Waals surface area contributed by atoms with Gasteiger partial charge in [0.25, 0.3) is 0 Å². The summed E-state index contributed by atoms with van der Waals surface area (Å²) >= 11 is 12.5. The number of hydrogen-bond donors (Lipinski definition) is 1. The van der Waals surface area contributed by atoms with Crippen LogP contribution in [0.15, 0.2) is 48.5 Å². The highest BCUT2D eigenvalue weighted by molar-refractivity contribution is 6.36. The molecule has 0 spiro atoms. The molecule has 2 aromatic rings. The van der Waals surface area contributed by atoms with Crippen LogP contribution >= 0.6 is 23.2 Å². The molecule has 1 N–H and O–H groups in total. The fraction of sp³-hybridized carbons (Fsp3) is 0.263. The molecule has 2 aromatic carbocycles. The van der Waals surface area contributed by atoms with Gasteiger partial charge in [0.2, 0.25) is 11.8 Å². The zero-order valence-electron chi connectivity index (χ0n) is 14.1. The quantitative estimate of drug-likeness (QED) is 0.832. The molecule has 132 valence electrons. The van der Waals surface area contributed by atoms with Gasteiger partial charge < -0.3 is 10.2 Å². The first-order chi connectivity index (χ1) is 11.9. The number of carbonyl (C=O) groups excluding carboxylic acids is 2. The van der Waals surface area contributed by atoms with E-state index >= 15 is 0 Å². The molecule has 0 radical (unpaired) electrons. The lowest BCUT2D eigenvalue weighted by atomic mass is 10.1. The molecular weight excluding hydrogens is 359 g/mol. The smallest absolute Gasteiger partial charge is 0.242 e. The second-order valence-corrected chi connectivity index (χ2v) is 6.49. The molecule has 4 nitrogen and oxygen atoms in total. The predicted octanol–water partition coefficient (Wildman–Crippen LogP) is 3.70. The Labute approximate surface area is 157 Å². The lowest BCUT2D eigenvalue weighted by Gasteiger charge is -2.29. The van der Waals surface area contributed by atoms with Gasteiger partial charge in [0.05, 0.1) is 6.42 Å². The number of benzene rings is 2. The van der Waals surface area contributed by atoms with Gasteiger partial charge in [-0.25, -0.2) is 0 Å². The zero-order chi connectivity index (χ0) is 18.4. The molecule has 0 fully saturated rings. The average molecular weight is 379 g/mol. The molecule has 0 saturated heterocycles. The summed E-state index contributed by atoms with van der Waals surface area (Å²) in [5.41, 5.74) is 1.51. The zero-order valence-corrected chi connectivity index (χ0v) is 15.6. The van der Waals surface area contributed by atoms with Crippen LogP contribution in [0.2, 0.25) is 10.0 Å². The van der Waals surface area contributed by atoms with E-state index < -0.39 is 6.04 Å². The first-order valence-corrected chi connectivity index (χ1v) is 8.67. The largest absolute Gasteiger partial charge is 0.357 e. The Morgan fingerprint density at radius 3 is 2.20 bits per heavy atom. The summed E-state index contributed by atoms with van der Waals surface area (Å²) in [5, 5.41) is 3.51. The van der Waals surface area contributed by atoms with Crippen LogP contribution in [0.5, 0.6) is 0 Å². The van der Waals surface area contributed by atoms with Gasteiger partial charge in [-0.3, -0.25) is 9.59 Å². The number of nitrogens with zero attached hydrogens (tertiary/aromatic N) is 1. The molecule has 25 heavy (non-hydrogen) atoms. The minimum Gasteiger partial charge on any atom is -0.357 e. The number of carbonyl (C=O) groups is 2. The van der Waals surface area contributed by atoms with Crippen molar-refractivity contribution in [2.45, 2.75) is 25.9 Å². The van der Waals surface area contributed by atoms with Gasteiger partial charge in [-0.2, -0.15) is 0 Å². The van der Waals surface area contributed by atoms with Gasteiger partial charge in [0.15, 0.2) is 0 Å². The Morgan fingerprint density at radius 2 is 1.64 bits per heavy atom. The van der Waals surface area contributed by atoms with Gasteiger partial charge in [-0.15, -0.1) is 0 Å². The molecule has 0 saturated carbocycles. The molecule has 0 aliphatic carbocycles. The molecule has 6 heteroatoms. The van der Waals surface area contributed by atoms with Crippen molar-refractivity contribution in [1.29, 1.82) is 0 Å². The molecular formula is C19H20Cl2N2O2. The highest BCUT2D eigenvalue weighted by Crippen LogP contribution is 2.26. The average Bonchev–Trinajstić information content (AvgIpc) is 2.61. The van der Waals surface area contributed by atoms with Crippen molar-refractivity contribution in [2.24, 2.45) is 0 Å². The second kappa shape index (κ2) is 8.88. The van der Waals surface area contributed by atoms with E-state index in [0.29, 0.717) is 15.6 Å². The van der Waals surface area contributed by atoms with E-state index in [4.69, 9.17) is 23.2 Å². The SMILES string of the molecule is CNC(=O)C(C)N(Cc1c(Cl)cccc1Cl)C(=O)Cc1ccccc1. The Bertz CT molecular complexity index is 730. The van der Waals surface area contributed by atoms with Crippen LogP contribution in [0.1, 0.15) is 18.1 Å². The van der Waals surface area contributed by atoms with E-state index in [2.05, 4.69) is 5.32 Å². The lowest BCUT2D eigenvalue weighted by Crippen LogP contribution is -2.47. The van der Waals surface area contributed by atoms with Gasteiger partial charge in [-0.05, 0) is 24.6 Å². The first-order valence-electron chi connectivity index (χ1n) is 7.92. The molecule has 0 bridgehead atoms. The van der Waals surface area contributed by atoms with Crippen LogP contribution in [0.4, 0.5) is 0 Å². The summed E-state index contributed by atoms with van der Waals surface area (Å²) in [6.45, 7) is 1.85. The standard InChI is InChI=1S/C19H20Cl2N2O2/c1-13(19(25)22-2)23(12-15-16(20)9-6-10-17(15)21)18(24)11-14-7-4-3-5-8-14/h3-10,13H,11-12H2,1-2H3,(H,22,25). The van der Waals surface area contributed by atoms with Crippen LogP contribution in [-0.4, -0.2) is 29.8 Å². The molecule has 1 atom stereocenters. The fourth-order valence-corrected chi connectivity index (χ4v) is 3.03. The van der Waals surface area contributed by atoms with E-state index in [0.717, 1.165) is 5.56 Å². The summed E-state index contributed by atoms with van der Waals surface area (Å²) in [6.07, 6.45) is 0.199. The topological polar surface area (TPSA) is 49.4 Å². The van der Waals surface area contributed by atoms with Gasteiger partial charge in [-0.1, -0.05) is 59.6 Å². The van der Waals surface area contributed by atoms with Crippen LogP contribution in [0.25, 0.3) is 0 Å². The fourth-order valence-electron chi connectivity index (χ4n) is 2.52. The molecule has 0 aliphatic heterocycles. The number of amides is 2. The Morgan fingerprint density at radius 1 is 1.04 bits per heavy atom. The maximum absolute atomic E-state index is 12.9. The maximum Gasteiger partial charge on any atom is 0.242 e. The van der Waals surface area contributed by atoms with Gasteiger partial charge in [0, 0.05) is 29.2 Å². The van der Waals surface area contributed by atoms with Crippen molar-refractivity contribution in [3.8, 4) is 0 Å². The molecule has 0 aliphatic rings. The number of hydrogen-bond acceptors (Lipinski definition) is 2. The van der Waals surface area contributed by atoms with E-state index in [1.54, 1.807) is 32.2 Å². The number of likely N-dealkylation sites (N-methyl/N-ethyl adjacent to an activating group) is 1. The third-order valence-corrected chi connectivity index (χ3v) is 4.71.